The first kappa shape index (κ1) is 15.0. The molecule has 18 heavy (non-hydrogen) atoms. The number of hydrogen-bond acceptors (Lipinski definition) is 2. The summed E-state index contributed by atoms with van der Waals surface area (Å²) >= 11 is 3.41. The molecule has 1 atom stereocenters. The lowest BCUT2D eigenvalue weighted by atomic mass is 9.95. The van der Waals surface area contributed by atoms with E-state index in [1.54, 1.807) is 0 Å². The summed E-state index contributed by atoms with van der Waals surface area (Å²) in [6.07, 6.45) is 1.80. The average Bonchev–Trinajstić information content (AvgIpc) is 2.38. The molecule has 4 heteroatoms. The second kappa shape index (κ2) is 7.41. The van der Waals surface area contributed by atoms with Crippen molar-refractivity contribution in [1.82, 2.24) is 5.32 Å². The summed E-state index contributed by atoms with van der Waals surface area (Å²) in [5.41, 5.74) is -0.166. The second-order valence-electron chi connectivity index (χ2n) is 4.50. The molecule has 1 aromatic rings. The van der Waals surface area contributed by atoms with E-state index in [-0.39, 0.29) is 18.1 Å². The molecule has 100 valence electrons. The van der Waals surface area contributed by atoms with Gasteiger partial charge >= 0.3 is 0 Å². The lowest BCUT2D eigenvalue weighted by Crippen LogP contribution is -2.47. The molecule has 3 nitrogen and oxygen atoms in total. The van der Waals surface area contributed by atoms with Gasteiger partial charge < -0.3 is 10.1 Å². The number of halogens is 1. The van der Waals surface area contributed by atoms with Crippen LogP contribution in [0.25, 0.3) is 0 Å². The van der Waals surface area contributed by atoms with Crippen molar-refractivity contribution < 1.29 is 9.53 Å². The smallest absolute Gasteiger partial charge is 0.258 e. The molecule has 1 N–H and O–H groups in total. The molecule has 1 unspecified atom stereocenters. The van der Waals surface area contributed by atoms with E-state index >= 15 is 0 Å². The van der Waals surface area contributed by atoms with Crippen LogP contribution < -0.4 is 10.1 Å². The van der Waals surface area contributed by atoms with Gasteiger partial charge in [0.15, 0.2) is 6.61 Å². The van der Waals surface area contributed by atoms with Crippen LogP contribution >= 0.6 is 15.9 Å². The third-order valence-electron chi connectivity index (χ3n) is 2.98. The van der Waals surface area contributed by atoms with E-state index in [1.165, 1.54) is 0 Å². The molecule has 1 amide bonds. The zero-order valence-electron chi connectivity index (χ0n) is 10.9. The van der Waals surface area contributed by atoms with E-state index in [9.17, 15) is 4.79 Å². The highest BCUT2D eigenvalue weighted by Gasteiger charge is 2.23. The number of ether oxygens (including phenoxy) is 1. The summed E-state index contributed by atoms with van der Waals surface area (Å²) in [4.78, 5) is 11.8. The minimum absolute atomic E-state index is 0.0574. The van der Waals surface area contributed by atoms with E-state index in [1.807, 2.05) is 30.3 Å². The number of amides is 1. The van der Waals surface area contributed by atoms with E-state index in [0.29, 0.717) is 5.75 Å². The molecule has 0 spiro atoms. The fourth-order valence-electron chi connectivity index (χ4n) is 1.57. The summed E-state index contributed by atoms with van der Waals surface area (Å²) in [7, 11) is 0. The van der Waals surface area contributed by atoms with Gasteiger partial charge in [-0.3, -0.25) is 4.79 Å². The van der Waals surface area contributed by atoms with E-state index < -0.39 is 0 Å². The molecular weight excluding hydrogens is 294 g/mol. The van der Waals surface area contributed by atoms with Crippen molar-refractivity contribution in [1.29, 1.82) is 0 Å². The van der Waals surface area contributed by atoms with Gasteiger partial charge in [0.2, 0.25) is 0 Å². The van der Waals surface area contributed by atoms with E-state index in [0.717, 1.165) is 18.2 Å². The fourth-order valence-corrected chi connectivity index (χ4v) is 2.45. The molecule has 0 saturated carbocycles. The van der Waals surface area contributed by atoms with Gasteiger partial charge in [-0.15, -0.1) is 0 Å². The number of alkyl halides is 1. The normalized spacial score (nSPS) is 13.7. The van der Waals surface area contributed by atoms with E-state index in [2.05, 4.69) is 35.1 Å². The number of hydrogen-bond donors (Lipinski definition) is 1. The molecule has 0 aliphatic rings. The standard InChI is InChI=1S/C14H20BrNO2/c1-3-14(2,9-10-15)16-13(17)11-18-12-7-5-4-6-8-12/h4-8H,3,9-11H2,1-2H3,(H,16,17). The maximum absolute atomic E-state index is 11.8. The van der Waals surface area contributed by atoms with E-state index in [4.69, 9.17) is 4.74 Å². The maximum Gasteiger partial charge on any atom is 0.258 e. The van der Waals surface area contributed by atoms with Crippen LogP contribution in [0.3, 0.4) is 0 Å². The first-order valence-corrected chi connectivity index (χ1v) is 7.26. The molecule has 0 fully saturated rings. The van der Waals surface area contributed by atoms with Gasteiger partial charge in [0, 0.05) is 10.9 Å². The molecule has 0 aliphatic carbocycles. The Labute approximate surface area is 117 Å². The summed E-state index contributed by atoms with van der Waals surface area (Å²) < 4.78 is 5.41. The topological polar surface area (TPSA) is 38.3 Å². The lowest BCUT2D eigenvalue weighted by Gasteiger charge is -2.29. The van der Waals surface area contributed by atoms with Crippen LogP contribution in [0.5, 0.6) is 5.75 Å². The molecule has 0 saturated heterocycles. The largest absolute Gasteiger partial charge is 0.484 e. The van der Waals surface area contributed by atoms with Crippen molar-refractivity contribution >= 4 is 21.8 Å². The van der Waals surface area contributed by atoms with Crippen molar-refractivity contribution in [2.24, 2.45) is 0 Å². The van der Waals surface area contributed by atoms with Gasteiger partial charge in [-0.2, -0.15) is 0 Å². The van der Waals surface area contributed by atoms with Crippen molar-refractivity contribution in [2.45, 2.75) is 32.2 Å². The number of carbonyl (C=O) groups excluding carboxylic acids is 1. The van der Waals surface area contributed by atoms with Crippen molar-refractivity contribution in [2.75, 3.05) is 11.9 Å². The Bertz CT molecular complexity index is 369. The Hall–Kier alpha value is -1.03. The maximum atomic E-state index is 11.8. The first-order valence-electron chi connectivity index (χ1n) is 6.14. The average molecular weight is 314 g/mol. The van der Waals surface area contributed by atoms with Crippen LogP contribution in [0, 0.1) is 0 Å². The van der Waals surface area contributed by atoms with Gasteiger partial charge in [0.25, 0.3) is 5.91 Å². The summed E-state index contributed by atoms with van der Waals surface area (Å²) in [6, 6.07) is 9.36. The molecule has 1 rings (SSSR count). The molecule has 1 aromatic carbocycles. The number of nitrogens with one attached hydrogen (secondary N) is 1. The number of benzene rings is 1. The second-order valence-corrected chi connectivity index (χ2v) is 5.30. The Balaban J connectivity index is 2.41. The highest BCUT2D eigenvalue weighted by Crippen LogP contribution is 2.15. The van der Waals surface area contributed by atoms with Gasteiger partial charge in [-0.05, 0) is 31.9 Å². The zero-order chi connectivity index (χ0) is 13.4. The third-order valence-corrected chi connectivity index (χ3v) is 3.38. The minimum atomic E-state index is -0.166. The SMILES string of the molecule is CCC(C)(CCBr)NC(=O)COc1ccccc1. The molecule has 0 bridgehead atoms. The molecular formula is C14H20BrNO2. The quantitative estimate of drug-likeness (QED) is 0.785. The van der Waals surface area contributed by atoms with Crippen LogP contribution in [0.15, 0.2) is 30.3 Å². The monoisotopic (exact) mass is 313 g/mol. The number of carbonyl (C=O) groups is 1. The van der Waals surface area contributed by atoms with Gasteiger partial charge in [-0.1, -0.05) is 41.1 Å². The highest BCUT2D eigenvalue weighted by atomic mass is 79.9. The zero-order valence-corrected chi connectivity index (χ0v) is 12.5. The Morgan fingerprint density at radius 3 is 2.61 bits per heavy atom. The predicted molar refractivity (Wildman–Crippen MR) is 77.2 cm³/mol. The van der Waals surface area contributed by atoms with Gasteiger partial charge in [0.05, 0.1) is 0 Å². The third kappa shape index (κ3) is 5.08. The number of rotatable bonds is 7. The molecule has 0 radical (unpaired) electrons. The van der Waals surface area contributed by atoms with Crippen LogP contribution in [0.2, 0.25) is 0 Å². The van der Waals surface area contributed by atoms with Crippen molar-refractivity contribution in [3.63, 3.8) is 0 Å². The first-order chi connectivity index (χ1) is 8.59. The summed E-state index contributed by atoms with van der Waals surface area (Å²) in [6.45, 7) is 4.18. The summed E-state index contributed by atoms with van der Waals surface area (Å²) in [5.74, 6) is 0.635. The van der Waals surface area contributed by atoms with Crippen LogP contribution in [0.1, 0.15) is 26.7 Å². The minimum Gasteiger partial charge on any atom is -0.484 e. The Morgan fingerprint density at radius 2 is 2.06 bits per heavy atom. The van der Waals surface area contributed by atoms with Gasteiger partial charge in [-0.25, -0.2) is 0 Å². The fraction of sp³-hybridized carbons (Fsp3) is 0.500. The molecule has 0 aliphatic heterocycles. The lowest BCUT2D eigenvalue weighted by molar-refractivity contribution is -0.125. The predicted octanol–water partition coefficient (Wildman–Crippen LogP) is 3.14. The molecule has 0 aromatic heterocycles. The highest BCUT2D eigenvalue weighted by molar-refractivity contribution is 9.09. The van der Waals surface area contributed by atoms with Crippen LogP contribution in [-0.2, 0) is 4.79 Å². The van der Waals surface area contributed by atoms with Gasteiger partial charge in [0.1, 0.15) is 5.75 Å². The van der Waals surface area contributed by atoms with Crippen molar-refractivity contribution in [3.05, 3.63) is 30.3 Å². The Kier molecular flexibility index (Phi) is 6.19. The number of para-hydroxylation sites is 1. The Morgan fingerprint density at radius 1 is 1.39 bits per heavy atom. The summed E-state index contributed by atoms with van der Waals surface area (Å²) in [5, 5.41) is 3.89. The van der Waals surface area contributed by atoms with Crippen LogP contribution in [-0.4, -0.2) is 23.4 Å². The van der Waals surface area contributed by atoms with Crippen LogP contribution in [0.4, 0.5) is 0 Å². The van der Waals surface area contributed by atoms with Crippen molar-refractivity contribution in [3.8, 4) is 5.75 Å². The molecule has 0 heterocycles.